The van der Waals surface area contributed by atoms with Crippen molar-refractivity contribution in [3.8, 4) is 0 Å². The van der Waals surface area contributed by atoms with Crippen LogP contribution in [0.15, 0.2) is 24.3 Å². The topological polar surface area (TPSA) is 26.0 Å². The fourth-order valence-corrected chi connectivity index (χ4v) is 3.52. The van der Waals surface area contributed by atoms with E-state index in [0.717, 1.165) is 18.4 Å². The normalized spacial score (nSPS) is 33.5. The van der Waals surface area contributed by atoms with Crippen LogP contribution in [-0.4, -0.2) is 6.54 Å². The number of benzene rings is 1. The van der Waals surface area contributed by atoms with E-state index in [4.69, 9.17) is 5.73 Å². The SMILES string of the molecule is Cc1ccc(C2(C3CCC3)C[C@H]2CN)cc1. The van der Waals surface area contributed by atoms with E-state index in [1.807, 2.05) is 0 Å². The van der Waals surface area contributed by atoms with Crippen molar-refractivity contribution >= 4 is 0 Å². The van der Waals surface area contributed by atoms with Crippen molar-refractivity contribution in [1.82, 2.24) is 0 Å². The van der Waals surface area contributed by atoms with Crippen molar-refractivity contribution in [3.63, 3.8) is 0 Å². The second kappa shape index (κ2) is 3.59. The van der Waals surface area contributed by atoms with Gasteiger partial charge in [-0.05, 0) is 50.1 Å². The van der Waals surface area contributed by atoms with Gasteiger partial charge in [-0.25, -0.2) is 0 Å². The van der Waals surface area contributed by atoms with Gasteiger partial charge in [-0.15, -0.1) is 0 Å². The summed E-state index contributed by atoms with van der Waals surface area (Å²) in [5.41, 5.74) is 9.28. The lowest BCUT2D eigenvalue weighted by Gasteiger charge is -2.36. The van der Waals surface area contributed by atoms with Gasteiger partial charge in [-0.2, -0.15) is 0 Å². The predicted molar refractivity (Wildman–Crippen MR) is 67.4 cm³/mol. The lowest BCUT2D eigenvalue weighted by molar-refractivity contribution is 0.231. The van der Waals surface area contributed by atoms with E-state index in [1.54, 1.807) is 5.56 Å². The van der Waals surface area contributed by atoms with Crippen molar-refractivity contribution in [2.75, 3.05) is 6.54 Å². The van der Waals surface area contributed by atoms with Gasteiger partial charge in [0, 0.05) is 5.41 Å². The van der Waals surface area contributed by atoms with Gasteiger partial charge in [0.2, 0.25) is 0 Å². The fourth-order valence-electron chi connectivity index (χ4n) is 3.52. The van der Waals surface area contributed by atoms with Crippen LogP contribution >= 0.6 is 0 Å². The monoisotopic (exact) mass is 215 g/mol. The van der Waals surface area contributed by atoms with Crippen LogP contribution in [0.2, 0.25) is 0 Å². The van der Waals surface area contributed by atoms with Crippen LogP contribution in [0, 0.1) is 18.8 Å². The molecule has 0 amide bonds. The van der Waals surface area contributed by atoms with Gasteiger partial charge in [0.05, 0.1) is 0 Å². The number of rotatable bonds is 3. The molecule has 1 heteroatoms. The van der Waals surface area contributed by atoms with E-state index in [-0.39, 0.29) is 0 Å². The molecule has 0 saturated heterocycles. The van der Waals surface area contributed by atoms with Gasteiger partial charge in [-0.1, -0.05) is 36.2 Å². The average Bonchev–Trinajstić information content (AvgIpc) is 2.92. The van der Waals surface area contributed by atoms with Gasteiger partial charge < -0.3 is 5.73 Å². The quantitative estimate of drug-likeness (QED) is 0.824. The van der Waals surface area contributed by atoms with Crippen molar-refractivity contribution in [3.05, 3.63) is 35.4 Å². The summed E-state index contributed by atoms with van der Waals surface area (Å²) in [6.45, 7) is 3.03. The summed E-state index contributed by atoms with van der Waals surface area (Å²) >= 11 is 0. The molecular weight excluding hydrogens is 194 g/mol. The van der Waals surface area contributed by atoms with E-state index in [9.17, 15) is 0 Å². The summed E-state index contributed by atoms with van der Waals surface area (Å²) in [5, 5.41) is 0. The molecule has 16 heavy (non-hydrogen) atoms. The van der Waals surface area contributed by atoms with E-state index < -0.39 is 0 Å². The van der Waals surface area contributed by atoms with Crippen LogP contribution in [0.25, 0.3) is 0 Å². The highest BCUT2D eigenvalue weighted by molar-refractivity contribution is 5.37. The highest BCUT2D eigenvalue weighted by atomic mass is 14.7. The maximum absolute atomic E-state index is 5.89. The lowest BCUT2D eigenvalue weighted by atomic mass is 9.69. The van der Waals surface area contributed by atoms with Crippen LogP contribution in [-0.2, 0) is 5.41 Å². The molecule has 86 valence electrons. The minimum absolute atomic E-state index is 0.473. The third kappa shape index (κ3) is 1.34. The summed E-state index contributed by atoms with van der Waals surface area (Å²) in [4.78, 5) is 0. The standard InChI is InChI=1S/C15H21N/c1-11-5-7-13(8-6-11)15(9-14(15)10-16)12-3-2-4-12/h5-8,12,14H,2-4,9-10,16H2,1H3/t14-,15?/m0/s1. The minimum atomic E-state index is 0.473. The van der Waals surface area contributed by atoms with Gasteiger partial charge in [-0.3, -0.25) is 0 Å². The Bertz CT molecular complexity index is 377. The number of nitrogens with two attached hydrogens (primary N) is 1. The number of aryl methyl sites for hydroxylation is 1. The Kier molecular flexibility index (Phi) is 2.32. The summed E-state index contributed by atoms with van der Waals surface area (Å²) < 4.78 is 0. The molecule has 1 aromatic carbocycles. The predicted octanol–water partition coefficient (Wildman–Crippen LogP) is 3.01. The van der Waals surface area contributed by atoms with Crippen molar-refractivity contribution in [1.29, 1.82) is 0 Å². The molecule has 0 spiro atoms. The Balaban J connectivity index is 1.92. The number of hydrogen-bond donors (Lipinski definition) is 1. The Hall–Kier alpha value is -0.820. The molecule has 1 aromatic rings. The van der Waals surface area contributed by atoms with E-state index in [1.165, 1.54) is 31.2 Å². The molecule has 0 heterocycles. The van der Waals surface area contributed by atoms with Crippen LogP contribution < -0.4 is 5.73 Å². The van der Waals surface area contributed by atoms with E-state index in [2.05, 4.69) is 31.2 Å². The smallest absolute Gasteiger partial charge is 0.00252 e. The van der Waals surface area contributed by atoms with E-state index >= 15 is 0 Å². The first-order valence-electron chi connectivity index (χ1n) is 6.54. The molecule has 2 aliphatic carbocycles. The summed E-state index contributed by atoms with van der Waals surface area (Å²) in [7, 11) is 0. The van der Waals surface area contributed by atoms with Crippen LogP contribution in [0.3, 0.4) is 0 Å². The van der Waals surface area contributed by atoms with Gasteiger partial charge >= 0.3 is 0 Å². The highest BCUT2D eigenvalue weighted by Gasteiger charge is 2.59. The van der Waals surface area contributed by atoms with Crippen molar-refractivity contribution in [2.24, 2.45) is 17.6 Å². The molecule has 2 fully saturated rings. The highest BCUT2D eigenvalue weighted by Crippen LogP contribution is 2.63. The molecule has 0 aromatic heterocycles. The second-order valence-electron chi connectivity index (χ2n) is 5.67. The Morgan fingerprint density at radius 2 is 1.94 bits per heavy atom. The molecule has 2 aliphatic rings. The molecule has 3 rings (SSSR count). The Morgan fingerprint density at radius 3 is 2.38 bits per heavy atom. The molecule has 1 unspecified atom stereocenters. The minimum Gasteiger partial charge on any atom is -0.330 e. The van der Waals surface area contributed by atoms with Crippen LogP contribution in [0.4, 0.5) is 0 Å². The van der Waals surface area contributed by atoms with Gasteiger partial charge in [0.15, 0.2) is 0 Å². The third-order valence-corrected chi connectivity index (χ3v) is 4.86. The average molecular weight is 215 g/mol. The molecule has 2 saturated carbocycles. The molecular formula is C15H21N. The first kappa shape index (κ1) is 10.3. The van der Waals surface area contributed by atoms with Gasteiger partial charge in [0.1, 0.15) is 0 Å². The molecule has 1 nitrogen and oxygen atoms in total. The first-order chi connectivity index (χ1) is 7.77. The van der Waals surface area contributed by atoms with Crippen molar-refractivity contribution < 1.29 is 0 Å². The molecule has 2 atom stereocenters. The zero-order valence-corrected chi connectivity index (χ0v) is 10.1. The molecule has 2 N–H and O–H groups in total. The third-order valence-electron chi connectivity index (χ3n) is 4.86. The lowest BCUT2D eigenvalue weighted by Crippen LogP contribution is -2.30. The summed E-state index contributed by atoms with van der Waals surface area (Å²) in [5.74, 6) is 1.67. The largest absolute Gasteiger partial charge is 0.330 e. The fraction of sp³-hybridized carbons (Fsp3) is 0.600. The van der Waals surface area contributed by atoms with E-state index in [0.29, 0.717) is 5.41 Å². The zero-order valence-electron chi connectivity index (χ0n) is 10.1. The van der Waals surface area contributed by atoms with Crippen molar-refractivity contribution in [2.45, 2.75) is 38.0 Å². The Labute approximate surface area is 98.0 Å². The molecule has 0 radical (unpaired) electrons. The maximum Gasteiger partial charge on any atom is 0.00252 e. The zero-order chi connectivity index (χ0) is 11.2. The molecule has 0 bridgehead atoms. The summed E-state index contributed by atoms with van der Waals surface area (Å²) in [6.07, 6.45) is 5.60. The maximum atomic E-state index is 5.89. The first-order valence-corrected chi connectivity index (χ1v) is 6.54. The second-order valence-corrected chi connectivity index (χ2v) is 5.67. The van der Waals surface area contributed by atoms with Crippen LogP contribution in [0.1, 0.15) is 36.8 Å². The van der Waals surface area contributed by atoms with Crippen LogP contribution in [0.5, 0.6) is 0 Å². The van der Waals surface area contributed by atoms with Gasteiger partial charge in [0.25, 0.3) is 0 Å². The molecule has 0 aliphatic heterocycles. The number of hydrogen-bond acceptors (Lipinski definition) is 1. The summed E-state index contributed by atoms with van der Waals surface area (Å²) in [6, 6.07) is 9.18. The Morgan fingerprint density at radius 1 is 1.25 bits per heavy atom.